The molecule has 0 spiro atoms. The second-order valence-corrected chi connectivity index (χ2v) is 5.43. The van der Waals surface area contributed by atoms with Gasteiger partial charge in [-0.1, -0.05) is 0 Å². The molecule has 1 aromatic carbocycles. The van der Waals surface area contributed by atoms with Gasteiger partial charge in [-0.2, -0.15) is 13.2 Å². The molecule has 2 amide bonds. The van der Waals surface area contributed by atoms with Crippen LogP contribution < -0.4 is 10.2 Å². The number of hydrogen-bond acceptors (Lipinski definition) is 3. The van der Waals surface area contributed by atoms with Gasteiger partial charge in [0.05, 0.1) is 30.2 Å². The SMILES string of the molecule is CCN(CC)C(=O)Nc1cc(C(F)(F)F)ccc1N1CCOCC1. The fraction of sp³-hybridized carbons (Fsp3) is 0.562. The van der Waals surface area contributed by atoms with Crippen LogP contribution in [0.5, 0.6) is 0 Å². The number of hydrogen-bond donors (Lipinski definition) is 1. The van der Waals surface area contributed by atoms with Crippen LogP contribution in [0, 0.1) is 0 Å². The van der Waals surface area contributed by atoms with Crippen molar-refractivity contribution in [2.24, 2.45) is 0 Å². The maximum Gasteiger partial charge on any atom is 0.416 e. The lowest BCUT2D eigenvalue weighted by atomic mass is 10.1. The predicted molar refractivity (Wildman–Crippen MR) is 86.4 cm³/mol. The van der Waals surface area contributed by atoms with Crippen LogP contribution in [0.2, 0.25) is 0 Å². The van der Waals surface area contributed by atoms with Crippen molar-refractivity contribution in [2.45, 2.75) is 20.0 Å². The first kappa shape index (κ1) is 18.4. The molecule has 0 aromatic heterocycles. The highest BCUT2D eigenvalue weighted by Gasteiger charge is 2.32. The molecule has 1 saturated heterocycles. The van der Waals surface area contributed by atoms with Gasteiger partial charge in [0, 0.05) is 26.2 Å². The Morgan fingerprint density at radius 3 is 2.42 bits per heavy atom. The second-order valence-electron chi connectivity index (χ2n) is 5.43. The Morgan fingerprint density at radius 2 is 1.88 bits per heavy atom. The van der Waals surface area contributed by atoms with Crippen molar-refractivity contribution < 1.29 is 22.7 Å². The number of carbonyl (C=O) groups excluding carboxylic acids is 1. The lowest BCUT2D eigenvalue weighted by Crippen LogP contribution is -2.38. The van der Waals surface area contributed by atoms with Gasteiger partial charge in [0.15, 0.2) is 0 Å². The van der Waals surface area contributed by atoms with Gasteiger partial charge in [-0.15, -0.1) is 0 Å². The van der Waals surface area contributed by atoms with E-state index in [1.807, 2.05) is 18.7 Å². The normalized spacial score (nSPS) is 15.3. The first-order valence-corrected chi connectivity index (χ1v) is 7.96. The molecule has 0 bridgehead atoms. The maximum atomic E-state index is 13.0. The Balaban J connectivity index is 2.34. The van der Waals surface area contributed by atoms with E-state index < -0.39 is 17.8 Å². The number of nitrogens with zero attached hydrogens (tertiary/aromatic N) is 2. The first-order chi connectivity index (χ1) is 11.4. The fourth-order valence-electron chi connectivity index (χ4n) is 2.60. The standard InChI is InChI=1S/C16H22F3N3O2/c1-3-21(4-2)15(23)20-13-11-12(16(17,18)19)5-6-14(13)22-7-9-24-10-8-22/h5-6,11H,3-4,7-10H2,1-2H3,(H,20,23). The molecular formula is C16H22F3N3O2. The van der Waals surface area contributed by atoms with Gasteiger partial charge in [0.25, 0.3) is 0 Å². The van der Waals surface area contributed by atoms with E-state index >= 15 is 0 Å². The van der Waals surface area contributed by atoms with Gasteiger partial charge in [0.2, 0.25) is 0 Å². The molecule has 1 aliphatic heterocycles. The van der Waals surface area contributed by atoms with Crippen LogP contribution >= 0.6 is 0 Å². The minimum absolute atomic E-state index is 0.170. The van der Waals surface area contributed by atoms with E-state index in [0.29, 0.717) is 45.1 Å². The molecule has 1 aromatic rings. The van der Waals surface area contributed by atoms with E-state index in [0.717, 1.165) is 12.1 Å². The highest BCUT2D eigenvalue weighted by molar-refractivity contribution is 5.93. The molecule has 0 aliphatic carbocycles. The topological polar surface area (TPSA) is 44.8 Å². The summed E-state index contributed by atoms with van der Waals surface area (Å²) in [6, 6.07) is 3.03. The van der Waals surface area contributed by atoms with Crippen LogP contribution in [-0.2, 0) is 10.9 Å². The summed E-state index contributed by atoms with van der Waals surface area (Å²) in [5, 5.41) is 2.63. The lowest BCUT2D eigenvalue weighted by molar-refractivity contribution is -0.137. The molecular weight excluding hydrogens is 323 g/mol. The van der Waals surface area contributed by atoms with Crippen molar-refractivity contribution in [2.75, 3.05) is 49.6 Å². The zero-order valence-electron chi connectivity index (χ0n) is 13.8. The molecule has 0 saturated carbocycles. The number of benzene rings is 1. The molecule has 8 heteroatoms. The Kier molecular flexibility index (Phi) is 5.93. The third-order valence-corrected chi connectivity index (χ3v) is 3.97. The van der Waals surface area contributed by atoms with Crippen molar-refractivity contribution in [3.05, 3.63) is 23.8 Å². The number of amides is 2. The van der Waals surface area contributed by atoms with Crippen molar-refractivity contribution >= 4 is 17.4 Å². The summed E-state index contributed by atoms with van der Waals surface area (Å²) >= 11 is 0. The van der Waals surface area contributed by atoms with Crippen LogP contribution in [0.15, 0.2) is 18.2 Å². The van der Waals surface area contributed by atoms with E-state index in [2.05, 4.69) is 5.32 Å². The zero-order valence-corrected chi connectivity index (χ0v) is 13.8. The van der Waals surface area contributed by atoms with E-state index in [4.69, 9.17) is 4.74 Å². The van der Waals surface area contributed by atoms with Gasteiger partial charge in [-0.3, -0.25) is 0 Å². The molecule has 0 atom stereocenters. The molecule has 1 N–H and O–H groups in total. The van der Waals surface area contributed by atoms with E-state index in [-0.39, 0.29) is 5.69 Å². The Hall–Kier alpha value is -1.96. The quantitative estimate of drug-likeness (QED) is 0.909. The highest BCUT2D eigenvalue weighted by Crippen LogP contribution is 2.35. The number of alkyl halides is 3. The van der Waals surface area contributed by atoms with Crippen molar-refractivity contribution in [3.63, 3.8) is 0 Å². The third-order valence-electron chi connectivity index (χ3n) is 3.97. The minimum Gasteiger partial charge on any atom is -0.378 e. The number of morpholine rings is 1. The summed E-state index contributed by atoms with van der Waals surface area (Å²) in [4.78, 5) is 15.7. The Labute approximate surface area is 139 Å². The number of rotatable bonds is 4. The molecule has 1 fully saturated rings. The van der Waals surface area contributed by atoms with Crippen LogP contribution in [0.25, 0.3) is 0 Å². The average Bonchev–Trinajstić information content (AvgIpc) is 2.56. The summed E-state index contributed by atoms with van der Waals surface area (Å²) in [6.45, 7) is 6.74. The van der Waals surface area contributed by atoms with Crippen molar-refractivity contribution in [3.8, 4) is 0 Å². The summed E-state index contributed by atoms with van der Waals surface area (Å²) in [7, 11) is 0. The second kappa shape index (κ2) is 7.74. The minimum atomic E-state index is -4.46. The Morgan fingerprint density at radius 1 is 1.25 bits per heavy atom. The smallest absolute Gasteiger partial charge is 0.378 e. The maximum absolute atomic E-state index is 13.0. The number of halogens is 3. The van der Waals surface area contributed by atoms with Crippen LogP contribution in [0.1, 0.15) is 19.4 Å². The molecule has 24 heavy (non-hydrogen) atoms. The first-order valence-electron chi connectivity index (χ1n) is 7.96. The van der Waals surface area contributed by atoms with Crippen LogP contribution in [-0.4, -0.2) is 50.3 Å². The number of anilines is 2. The van der Waals surface area contributed by atoms with Gasteiger partial charge >= 0.3 is 12.2 Å². The summed E-state index contributed by atoms with van der Waals surface area (Å²) in [5.74, 6) is 0. The van der Waals surface area contributed by atoms with Crippen molar-refractivity contribution in [1.82, 2.24) is 4.90 Å². The molecule has 5 nitrogen and oxygen atoms in total. The zero-order chi connectivity index (χ0) is 17.7. The predicted octanol–water partition coefficient (Wildman–Crippen LogP) is 3.42. The fourth-order valence-corrected chi connectivity index (χ4v) is 2.60. The lowest BCUT2D eigenvalue weighted by Gasteiger charge is -2.31. The number of carbonyl (C=O) groups is 1. The summed E-state index contributed by atoms with van der Waals surface area (Å²) in [5.41, 5.74) is -0.0372. The Bertz CT molecular complexity index is 568. The van der Waals surface area contributed by atoms with Crippen LogP contribution in [0.4, 0.5) is 29.3 Å². The molecule has 1 aliphatic rings. The third kappa shape index (κ3) is 4.31. The van der Waals surface area contributed by atoms with E-state index in [1.165, 1.54) is 11.0 Å². The average molecular weight is 345 g/mol. The molecule has 2 rings (SSSR count). The summed E-state index contributed by atoms with van der Waals surface area (Å²) in [6.07, 6.45) is -4.46. The molecule has 134 valence electrons. The number of nitrogens with one attached hydrogen (secondary N) is 1. The number of ether oxygens (including phenoxy) is 1. The molecule has 0 radical (unpaired) electrons. The largest absolute Gasteiger partial charge is 0.416 e. The van der Waals surface area contributed by atoms with Gasteiger partial charge in [-0.25, -0.2) is 4.79 Å². The van der Waals surface area contributed by atoms with Gasteiger partial charge < -0.3 is 19.9 Å². The monoisotopic (exact) mass is 345 g/mol. The van der Waals surface area contributed by atoms with E-state index in [1.54, 1.807) is 0 Å². The number of urea groups is 1. The van der Waals surface area contributed by atoms with E-state index in [9.17, 15) is 18.0 Å². The van der Waals surface area contributed by atoms with Gasteiger partial charge in [0.1, 0.15) is 0 Å². The molecule has 1 heterocycles. The summed E-state index contributed by atoms with van der Waals surface area (Å²) < 4.78 is 44.3. The van der Waals surface area contributed by atoms with Crippen molar-refractivity contribution in [1.29, 1.82) is 0 Å². The highest BCUT2D eigenvalue weighted by atomic mass is 19.4. The molecule has 0 unspecified atom stereocenters. The van der Waals surface area contributed by atoms with Gasteiger partial charge in [-0.05, 0) is 32.0 Å². The van der Waals surface area contributed by atoms with Crippen LogP contribution in [0.3, 0.4) is 0 Å².